The highest BCUT2D eigenvalue weighted by molar-refractivity contribution is 14.1. The number of aliphatic hydroxyl groups excluding tert-OH is 1. The summed E-state index contributed by atoms with van der Waals surface area (Å²) in [5.74, 6) is -0.266. The lowest BCUT2D eigenvalue weighted by Crippen LogP contribution is -2.32. The van der Waals surface area contributed by atoms with Crippen LogP contribution in [0.4, 0.5) is 0 Å². The van der Waals surface area contributed by atoms with Crippen LogP contribution in [0.1, 0.15) is 30.1 Å². The lowest BCUT2D eigenvalue weighted by atomic mass is 10.1. The van der Waals surface area contributed by atoms with E-state index in [1.165, 1.54) is 0 Å². The number of phenols is 1. The van der Waals surface area contributed by atoms with E-state index in [-0.39, 0.29) is 24.3 Å². The number of halogens is 2. The van der Waals surface area contributed by atoms with E-state index in [1.54, 1.807) is 6.07 Å². The molecule has 0 saturated carbocycles. The summed E-state index contributed by atoms with van der Waals surface area (Å²) in [5.41, 5.74) is 0.294. The highest BCUT2D eigenvalue weighted by Gasteiger charge is 2.16. The zero-order valence-corrected chi connectivity index (χ0v) is 14.2. The number of nitrogens with one attached hydrogen (secondary N) is 1. The molecular formula is C12H15I2NO3. The molecule has 1 atom stereocenters. The van der Waals surface area contributed by atoms with Crippen molar-refractivity contribution in [3.63, 3.8) is 0 Å². The number of aromatic hydroxyl groups is 1. The number of hydrogen-bond acceptors (Lipinski definition) is 3. The zero-order chi connectivity index (χ0) is 13.7. The lowest BCUT2D eigenvalue weighted by molar-refractivity contribution is 0.0933. The summed E-state index contributed by atoms with van der Waals surface area (Å²) >= 11 is 4.11. The monoisotopic (exact) mass is 475 g/mol. The second-order valence-corrected chi connectivity index (χ2v) is 6.43. The van der Waals surface area contributed by atoms with Crippen molar-refractivity contribution in [1.82, 2.24) is 5.32 Å². The van der Waals surface area contributed by atoms with Crippen LogP contribution < -0.4 is 5.32 Å². The molecule has 0 heterocycles. The van der Waals surface area contributed by atoms with E-state index in [0.717, 1.165) is 3.57 Å². The van der Waals surface area contributed by atoms with E-state index < -0.39 is 0 Å². The predicted octanol–water partition coefficient (Wildman–Crippen LogP) is 2.49. The zero-order valence-electron chi connectivity index (χ0n) is 9.91. The third kappa shape index (κ3) is 4.54. The molecule has 0 aliphatic rings. The van der Waals surface area contributed by atoms with Gasteiger partial charge in [0.1, 0.15) is 5.75 Å². The van der Waals surface area contributed by atoms with Crippen molar-refractivity contribution in [1.29, 1.82) is 0 Å². The minimum absolute atomic E-state index is 0.0166. The van der Waals surface area contributed by atoms with Gasteiger partial charge in [0.25, 0.3) is 5.91 Å². The van der Waals surface area contributed by atoms with Crippen molar-refractivity contribution in [3.05, 3.63) is 24.8 Å². The van der Waals surface area contributed by atoms with E-state index in [4.69, 9.17) is 5.11 Å². The molecule has 1 aromatic rings. The Balaban J connectivity index is 2.78. The van der Waals surface area contributed by atoms with Gasteiger partial charge in [0.2, 0.25) is 0 Å². The van der Waals surface area contributed by atoms with Gasteiger partial charge in [0.05, 0.1) is 9.13 Å². The number of carbonyl (C=O) groups is 1. The Bertz CT molecular complexity index is 438. The largest absolute Gasteiger partial charge is 0.506 e. The number of amides is 1. The molecule has 6 heteroatoms. The van der Waals surface area contributed by atoms with Gasteiger partial charge in [0, 0.05) is 16.2 Å². The number of phenolic OH excluding ortho intramolecular Hbond substituents is 1. The van der Waals surface area contributed by atoms with Crippen LogP contribution in [0, 0.1) is 7.14 Å². The Kier molecular flexibility index (Phi) is 6.64. The molecule has 0 radical (unpaired) electrons. The molecule has 0 fully saturated rings. The summed E-state index contributed by atoms with van der Waals surface area (Å²) < 4.78 is 1.57. The quantitative estimate of drug-likeness (QED) is 0.574. The number of benzene rings is 1. The second kappa shape index (κ2) is 7.49. The average Bonchev–Trinajstić information content (AvgIpc) is 2.30. The van der Waals surface area contributed by atoms with E-state index in [2.05, 4.69) is 27.9 Å². The molecule has 100 valence electrons. The van der Waals surface area contributed by atoms with Crippen LogP contribution in [0.25, 0.3) is 0 Å². The first-order valence-electron chi connectivity index (χ1n) is 5.55. The van der Waals surface area contributed by atoms with Crippen molar-refractivity contribution >= 4 is 51.1 Å². The predicted molar refractivity (Wildman–Crippen MR) is 86.8 cm³/mol. The van der Waals surface area contributed by atoms with E-state index in [9.17, 15) is 9.90 Å². The van der Waals surface area contributed by atoms with E-state index >= 15 is 0 Å². The van der Waals surface area contributed by atoms with Crippen LogP contribution in [0.15, 0.2) is 12.1 Å². The van der Waals surface area contributed by atoms with Gasteiger partial charge in [-0.25, -0.2) is 0 Å². The van der Waals surface area contributed by atoms with Crippen molar-refractivity contribution in [2.75, 3.05) is 6.61 Å². The van der Waals surface area contributed by atoms with Gasteiger partial charge in [-0.15, -0.1) is 0 Å². The second-order valence-electron chi connectivity index (χ2n) is 4.02. The molecule has 1 rings (SSSR count). The first kappa shape index (κ1) is 16.0. The van der Waals surface area contributed by atoms with E-state index in [0.29, 0.717) is 22.0 Å². The van der Waals surface area contributed by atoms with Crippen molar-refractivity contribution < 1.29 is 15.0 Å². The summed E-state index contributed by atoms with van der Waals surface area (Å²) in [6, 6.07) is 3.44. The first-order chi connectivity index (χ1) is 8.45. The van der Waals surface area contributed by atoms with Crippen LogP contribution in [-0.4, -0.2) is 28.8 Å². The Labute approximate surface area is 133 Å². The molecular weight excluding hydrogens is 460 g/mol. The number of aliphatic hydroxyl groups is 1. The van der Waals surface area contributed by atoms with Crippen molar-refractivity contribution in [2.45, 2.75) is 25.8 Å². The first-order valence-corrected chi connectivity index (χ1v) is 7.71. The van der Waals surface area contributed by atoms with Gasteiger partial charge < -0.3 is 15.5 Å². The Morgan fingerprint density at radius 2 is 2.11 bits per heavy atom. The number of rotatable bonds is 5. The SMILES string of the molecule is CC(CCCO)NC(=O)c1cc(I)cc(I)c1O. The maximum absolute atomic E-state index is 12.0. The van der Waals surface area contributed by atoms with Crippen LogP contribution in [0.2, 0.25) is 0 Å². The van der Waals surface area contributed by atoms with Crippen molar-refractivity contribution in [3.8, 4) is 5.75 Å². The molecule has 1 amide bonds. The fourth-order valence-corrected chi connectivity index (χ4v) is 3.35. The molecule has 0 aliphatic heterocycles. The van der Waals surface area contributed by atoms with Crippen LogP contribution in [-0.2, 0) is 0 Å². The molecule has 1 unspecified atom stereocenters. The third-order valence-electron chi connectivity index (χ3n) is 2.45. The molecule has 0 aromatic heterocycles. The summed E-state index contributed by atoms with van der Waals surface area (Å²) in [4.78, 5) is 12.0. The maximum Gasteiger partial charge on any atom is 0.255 e. The maximum atomic E-state index is 12.0. The van der Waals surface area contributed by atoms with Crippen LogP contribution >= 0.6 is 45.2 Å². The summed E-state index contributed by atoms with van der Waals surface area (Å²) in [6.07, 6.45) is 1.36. The minimum Gasteiger partial charge on any atom is -0.506 e. The molecule has 18 heavy (non-hydrogen) atoms. The lowest BCUT2D eigenvalue weighted by Gasteiger charge is -2.14. The highest BCUT2D eigenvalue weighted by Crippen LogP contribution is 2.27. The molecule has 3 N–H and O–H groups in total. The van der Waals surface area contributed by atoms with Gasteiger partial charge in [-0.2, -0.15) is 0 Å². The summed E-state index contributed by atoms with van der Waals surface area (Å²) in [6.45, 7) is 2.00. The third-order valence-corrected chi connectivity index (χ3v) is 3.89. The minimum atomic E-state index is -0.283. The fraction of sp³-hybridized carbons (Fsp3) is 0.417. The topological polar surface area (TPSA) is 69.6 Å². The molecule has 0 bridgehead atoms. The number of carbonyl (C=O) groups excluding carboxylic acids is 1. The normalized spacial score (nSPS) is 12.2. The Hall–Kier alpha value is -0.0900. The molecule has 4 nitrogen and oxygen atoms in total. The van der Waals surface area contributed by atoms with Gasteiger partial charge >= 0.3 is 0 Å². The van der Waals surface area contributed by atoms with Gasteiger partial charge in [-0.3, -0.25) is 4.79 Å². The van der Waals surface area contributed by atoms with Crippen LogP contribution in [0.3, 0.4) is 0 Å². The standard InChI is InChI=1S/C12H15I2NO3/c1-7(3-2-4-16)15-12(18)9-5-8(13)6-10(14)11(9)17/h5-7,16-17H,2-4H2,1H3,(H,15,18). The summed E-state index contributed by atoms with van der Waals surface area (Å²) in [7, 11) is 0. The smallest absolute Gasteiger partial charge is 0.255 e. The molecule has 0 saturated heterocycles. The number of hydrogen-bond donors (Lipinski definition) is 3. The average molecular weight is 475 g/mol. The summed E-state index contributed by atoms with van der Waals surface area (Å²) in [5, 5.41) is 21.4. The van der Waals surface area contributed by atoms with Gasteiger partial charge in [0.15, 0.2) is 0 Å². The molecule has 0 aliphatic carbocycles. The fourth-order valence-electron chi connectivity index (χ4n) is 1.51. The molecule has 0 spiro atoms. The van der Waals surface area contributed by atoms with E-state index in [1.807, 2.05) is 35.6 Å². The van der Waals surface area contributed by atoms with Crippen molar-refractivity contribution in [2.24, 2.45) is 0 Å². The van der Waals surface area contributed by atoms with Gasteiger partial charge in [-0.1, -0.05) is 0 Å². The van der Waals surface area contributed by atoms with Gasteiger partial charge in [-0.05, 0) is 77.1 Å². The van der Waals surface area contributed by atoms with Crippen LogP contribution in [0.5, 0.6) is 5.75 Å². The molecule has 1 aromatic carbocycles. The Morgan fingerprint density at radius 3 is 2.72 bits per heavy atom. The highest BCUT2D eigenvalue weighted by atomic mass is 127. The Morgan fingerprint density at radius 1 is 1.44 bits per heavy atom.